The van der Waals surface area contributed by atoms with Gasteiger partial charge in [-0.2, -0.15) is 0 Å². The molecule has 0 aromatic heterocycles. The van der Waals surface area contributed by atoms with Gasteiger partial charge in [-0.05, 0) is 29.8 Å². The first kappa shape index (κ1) is 16.0. The first-order valence-electron chi connectivity index (χ1n) is 7.78. The number of carbonyl (C=O) groups is 1. The Labute approximate surface area is 145 Å². The largest absolute Gasteiger partial charge is 0.322 e. The molecule has 3 rings (SSSR count). The number of hydrogen-bond acceptors (Lipinski definition) is 2. The summed E-state index contributed by atoms with van der Waals surface area (Å²) >= 11 is 3.39. The van der Waals surface area contributed by atoms with Crippen molar-refractivity contribution in [2.45, 2.75) is 6.54 Å². The lowest BCUT2D eigenvalue weighted by molar-refractivity contribution is 0.143. The molecule has 2 aromatic carbocycles. The van der Waals surface area contributed by atoms with Gasteiger partial charge in [-0.25, -0.2) is 4.79 Å². The average molecular weight is 374 g/mol. The Balaban J connectivity index is 1.48. The fraction of sp³-hybridized carbons (Fsp3) is 0.278. The smallest absolute Gasteiger partial charge is 0.321 e. The number of amides is 2. The predicted octanol–water partition coefficient (Wildman–Crippen LogP) is 3.80. The molecule has 1 fully saturated rings. The van der Waals surface area contributed by atoms with E-state index in [1.807, 2.05) is 35.2 Å². The highest BCUT2D eigenvalue weighted by molar-refractivity contribution is 9.10. The summed E-state index contributed by atoms with van der Waals surface area (Å²) in [6.07, 6.45) is 0. The van der Waals surface area contributed by atoms with Crippen LogP contribution in [-0.4, -0.2) is 42.0 Å². The van der Waals surface area contributed by atoms with Gasteiger partial charge >= 0.3 is 6.03 Å². The average Bonchev–Trinajstić information content (AvgIpc) is 2.58. The number of anilines is 1. The highest BCUT2D eigenvalue weighted by atomic mass is 79.9. The SMILES string of the molecule is O=C(Nc1ccc(Br)cc1)N1CCN(Cc2ccccc2)CC1. The maximum atomic E-state index is 12.3. The van der Waals surface area contributed by atoms with E-state index >= 15 is 0 Å². The van der Waals surface area contributed by atoms with Gasteiger partial charge in [-0.15, -0.1) is 0 Å². The second-order valence-electron chi connectivity index (χ2n) is 5.69. The van der Waals surface area contributed by atoms with Crippen molar-refractivity contribution in [3.63, 3.8) is 0 Å². The summed E-state index contributed by atoms with van der Waals surface area (Å²) in [6.45, 7) is 4.28. The Kier molecular flexibility index (Phi) is 5.31. The third-order valence-corrected chi connectivity index (χ3v) is 4.53. The van der Waals surface area contributed by atoms with E-state index in [1.54, 1.807) is 0 Å². The fourth-order valence-electron chi connectivity index (χ4n) is 2.69. The molecular formula is C18H20BrN3O. The topological polar surface area (TPSA) is 35.6 Å². The van der Waals surface area contributed by atoms with Crippen molar-refractivity contribution in [1.29, 1.82) is 0 Å². The number of carbonyl (C=O) groups excluding carboxylic acids is 1. The van der Waals surface area contributed by atoms with Crippen molar-refractivity contribution in [2.75, 3.05) is 31.5 Å². The zero-order valence-electron chi connectivity index (χ0n) is 12.9. The van der Waals surface area contributed by atoms with Crippen LogP contribution in [0.5, 0.6) is 0 Å². The Hall–Kier alpha value is -1.85. The molecule has 0 atom stereocenters. The van der Waals surface area contributed by atoms with Gasteiger partial charge in [0.2, 0.25) is 0 Å². The van der Waals surface area contributed by atoms with Crippen LogP contribution < -0.4 is 5.32 Å². The van der Waals surface area contributed by atoms with Gasteiger partial charge in [0, 0.05) is 42.9 Å². The van der Waals surface area contributed by atoms with Gasteiger partial charge in [0.15, 0.2) is 0 Å². The summed E-state index contributed by atoms with van der Waals surface area (Å²) in [4.78, 5) is 16.6. The molecule has 2 amide bonds. The molecule has 4 nitrogen and oxygen atoms in total. The van der Waals surface area contributed by atoms with Crippen LogP contribution in [0.3, 0.4) is 0 Å². The summed E-state index contributed by atoms with van der Waals surface area (Å²) in [7, 11) is 0. The molecule has 120 valence electrons. The van der Waals surface area contributed by atoms with Crippen LogP contribution in [0, 0.1) is 0 Å². The molecule has 1 saturated heterocycles. The molecule has 5 heteroatoms. The second-order valence-corrected chi connectivity index (χ2v) is 6.60. The van der Waals surface area contributed by atoms with Crippen molar-refractivity contribution >= 4 is 27.6 Å². The van der Waals surface area contributed by atoms with Crippen LogP contribution >= 0.6 is 15.9 Å². The molecule has 0 aliphatic carbocycles. The quantitative estimate of drug-likeness (QED) is 0.887. The lowest BCUT2D eigenvalue weighted by Gasteiger charge is -2.34. The highest BCUT2D eigenvalue weighted by Crippen LogP contribution is 2.15. The number of hydrogen-bond donors (Lipinski definition) is 1. The van der Waals surface area contributed by atoms with E-state index in [2.05, 4.69) is 50.4 Å². The first-order chi connectivity index (χ1) is 11.2. The van der Waals surface area contributed by atoms with Gasteiger partial charge in [0.25, 0.3) is 0 Å². The van der Waals surface area contributed by atoms with Crippen molar-refractivity contribution in [1.82, 2.24) is 9.80 Å². The van der Waals surface area contributed by atoms with Crippen LogP contribution in [-0.2, 0) is 6.54 Å². The monoisotopic (exact) mass is 373 g/mol. The van der Waals surface area contributed by atoms with E-state index < -0.39 is 0 Å². The van der Waals surface area contributed by atoms with E-state index in [-0.39, 0.29) is 6.03 Å². The van der Waals surface area contributed by atoms with Crippen molar-refractivity contribution in [3.8, 4) is 0 Å². The minimum Gasteiger partial charge on any atom is -0.322 e. The number of nitrogens with one attached hydrogen (secondary N) is 1. The van der Waals surface area contributed by atoms with E-state index in [1.165, 1.54) is 5.56 Å². The van der Waals surface area contributed by atoms with Crippen molar-refractivity contribution in [2.24, 2.45) is 0 Å². The highest BCUT2D eigenvalue weighted by Gasteiger charge is 2.21. The summed E-state index contributed by atoms with van der Waals surface area (Å²) in [5.74, 6) is 0. The first-order valence-corrected chi connectivity index (χ1v) is 8.58. The minimum atomic E-state index is -0.0216. The van der Waals surface area contributed by atoms with Gasteiger partial charge in [-0.1, -0.05) is 46.3 Å². The van der Waals surface area contributed by atoms with Crippen LogP contribution in [0.25, 0.3) is 0 Å². The standard InChI is InChI=1S/C18H20BrN3O/c19-16-6-8-17(9-7-16)20-18(23)22-12-10-21(11-13-22)14-15-4-2-1-3-5-15/h1-9H,10-14H2,(H,20,23). The van der Waals surface area contributed by atoms with Crippen molar-refractivity contribution in [3.05, 3.63) is 64.6 Å². The maximum Gasteiger partial charge on any atom is 0.321 e. The van der Waals surface area contributed by atoms with Crippen molar-refractivity contribution < 1.29 is 4.79 Å². The lowest BCUT2D eigenvalue weighted by Crippen LogP contribution is -2.49. The molecule has 0 bridgehead atoms. The molecule has 0 unspecified atom stereocenters. The van der Waals surface area contributed by atoms with Crippen LogP contribution in [0.4, 0.5) is 10.5 Å². The van der Waals surface area contributed by atoms with E-state index in [0.29, 0.717) is 0 Å². The Morgan fingerprint density at radius 1 is 0.957 bits per heavy atom. The fourth-order valence-corrected chi connectivity index (χ4v) is 2.95. The predicted molar refractivity (Wildman–Crippen MR) is 96.5 cm³/mol. The molecule has 0 spiro atoms. The molecule has 1 N–H and O–H groups in total. The van der Waals surface area contributed by atoms with Gasteiger partial charge in [-0.3, -0.25) is 4.90 Å². The zero-order chi connectivity index (χ0) is 16.1. The van der Waals surface area contributed by atoms with Gasteiger partial charge < -0.3 is 10.2 Å². The van der Waals surface area contributed by atoms with E-state index in [0.717, 1.165) is 42.9 Å². The number of benzene rings is 2. The number of rotatable bonds is 3. The summed E-state index contributed by atoms with van der Waals surface area (Å²) in [5.41, 5.74) is 2.14. The second kappa shape index (κ2) is 7.62. The molecule has 1 heterocycles. The summed E-state index contributed by atoms with van der Waals surface area (Å²) in [6, 6.07) is 18.1. The third kappa shape index (κ3) is 4.56. The van der Waals surface area contributed by atoms with E-state index in [4.69, 9.17) is 0 Å². The van der Waals surface area contributed by atoms with E-state index in [9.17, 15) is 4.79 Å². The molecule has 0 saturated carbocycles. The molecular weight excluding hydrogens is 354 g/mol. The number of urea groups is 1. The lowest BCUT2D eigenvalue weighted by atomic mass is 10.2. The van der Waals surface area contributed by atoms with Gasteiger partial charge in [0.05, 0.1) is 0 Å². The number of piperazine rings is 1. The molecule has 1 aliphatic heterocycles. The van der Waals surface area contributed by atoms with Crippen LogP contribution in [0.1, 0.15) is 5.56 Å². The van der Waals surface area contributed by atoms with Gasteiger partial charge in [0.1, 0.15) is 0 Å². The summed E-state index contributed by atoms with van der Waals surface area (Å²) in [5, 5.41) is 2.95. The zero-order valence-corrected chi connectivity index (χ0v) is 14.5. The Bertz CT molecular complexity index is 637. The molecule has 0 radical (unpaired) electrons. The Morgan fingerprint density at radius 3 is 2.26 bits per heavy atom. The molecule has 23 heavy (non-hydrogen) atoms. The Morgan fingerprint density at radius 2 is 1.61 bits per heavy atom. The number of halogens is 1. The normalized spacial score (nSPS) is 15.4. The van der Waals surface area contributed by atoms with Crippen LogP contribution in [0.15, 0.2) is 59.1 Å². The number of nitrogens with zero attached hydrogens (tertiary/aromatic N) is 2. The maximum absolute atomic E-state index is 12.3. The third-order valence-electron chi connectivity index (χ3n) is 4.00. The molecule has 1 aliphatic rings. The summed E-state index contributed by atoms with van der Waals surface area (Å²) < 4.78 is 1.00. The van der Waals surface area contributed by atoms with Crippen LogP contribution in [0.2, 0.25) is 0 Å². The molecule has 2 aromatic rings. The minimum absolute atomic E-state index is 0.0216.